The number of alkyl halides is 2. The molecule has 0 aliphatic heterocycles. The summed E-state index contributed by atoms with van der Waals surface area (Å²) in [7, 11) is 0. The minimum absolute atomic E-state index is 0.622. The fraction of sp³-hybridized carbons (Fsp3) is 0.444. The van der Waals surface area contributed by atoms with Gasteiger partial charge in [-0.2, -0.15) is 0 Å². The highest BCUT2D eigenvalue weighted by Gasteiger charge is 2.08. The van der Waals surface area contributed by atoms with E-state index in [1.807, 2.05) is 12.1 Å². The standard InChI is InChI=1S/C18H22Cl2O2/c1-2-16-17-7-6-15(21-11-3-9-19)13-14(17)5-8-18(16)22-12-4-10-20/h5-8,13H,2-4,9-12H2,1H3. The number of hydrogen-bond donors (Lipinski definition) is 0. The van der Waals surface area contributed by atoms with Crippen molar-refractivity contribution in [3.05, 3.63) is 35.9 Å². The van der Waals surface area contributed by atoms with Crippen LogP contribution in [0, 0.1) is 0 Å². The first-order chi connectivity index (χ1) is 10.8. The Labute approximate surface area is 142 Å². The van der Waals surface area contributed by atoms with E-state index in [2.05, 4.69) is 25.1 Å². The van der Waals surface area contributed by atoms with E-state index in [4.69, 9.17) is 32.7 Å². The van der Waals surface area contributed by atoms with Crippen molar-refractivity contribution >= 4 is 34.0 Å². The lowest BCUT2D eigenvalue weighted by atomic mass is 10.0. The monoisotopic (exact) mass is 340 g/mol. The van der Waals surface area contributed by atoms with E-state index in [1.165, 1.54) is 16.3 Å². The van der Waals surface area contributed by atoms with Gasteiger partial charge in [0.05, 0.1) is 13.2 Å². The summed E-state index contributed by atoms with van der Waals surface area (Å²) in [6, 6.07) is 10.3. The van der Waals surface area contributed by atoms with Gasteiger partial charge in [-0.1, -0.05) is 19.1 Å². The van der Waals surface area contributed by atoms with E-state index < -0.39 is 0 Å². The molecule has 2 aromatic carbocycles. The Morgan fingerprint density at radius 3 is 2.32 bits per heavy atom. The number of rotatable bonds is 9. The second-order valence-corrected chi connectivity index (χ2v) is 5.82. The largest absolute Gasteiger partial charge is 0.494 e. The van der Waals surface area contributed by atoms with E-state index >= 15 is 0 Å². The second kappa shape index (κ2) is 9.12. The molecule has 0 fully saturated rings. The molecule has 0 saturated heterocycles. The third-order valence-corrected chi connectivity index (χ3v) is 4.03. The van der Waals surface area contributed by atoms with Crippen LogP contribution in [0.2, 0.25) is 0 Å². The summed E-state index contributed by atoms with van der Waals surface area (Å²) >= 11 is 11.4. The van der Waals surface area contributed by atoms with Crippen molar-refractivity contribution < 1.29 is 9.47 Å². The van der Waals surface area contributed by atoms with Gasteiger partial charge >= 0.3 is 0 Å². The lowest BCUT2D eigenvalue weighted by Gasteiger charge is -2.14. The Kier molecular flexibility index (Phi) is 7.14. The van der Waals surface area contributed by atoms with Gasteiger partial charge < -0.3 is 9.47 Å². The Morgan fingerprint density at radius 1 is 0.909 bits per heavy atom. The van der Waals surface area contributed by atoms with Gasteiger partial charge in [0.15, 0.2) is 0 Å². The SMILES string of the molecule is CCc1c(OCCCCl)ccc2cc(OCCCCl)ccc12. The Hall–Kier alpha value is -1.12. The van der Waals surface area contributed by atoms with Crippen molar-refractivity contribution in [1.82, 2.24) is 0 Å². The number of ether oxygens (including phenoxy) is 2. The third-order valence-electron chi connectivity index (χ3n) is 3.50. The van der Waals surface area contributed by atoms with Crippen molar-refractivity contribution in [3.8, 4) is 11.5 Å². The average Bonchev–Trinajstić information content (AvgIpc) is 2.55. The molecule has 120 valence electrons. The third kappa shape index (κ3) is 4.44. The Bertz CT molecular complexity index is 599. The number of halogens is 2. The molecule has 2 nitrogen and oxygen atoms in total. The van der Waals surface area contributed by atoms with E-state index in [0.29, 0.717) is 25.0 Å². The maximum atomic E-state index is 5.86. The first kappa shape index (κ1) is 17.2. The van der Waals surface area contributed by atoms with Crippen LogP contribution in [0.5, 0.6) is 11.5 Å². The number of aryl methyl sites for hydroxylation is 1. The number of fused-ring (bicyclic) bond motifs is 1. The maximum absolute atomic E-state index is 5.86. The molecule has 0 aliphatic carbocycles. The van der Waals surface area contributed by atoms with Crippen molar-refractivity contribution in [1.29, 1.82) is 0 Å². The summed E-state index contributed by atoms with van der Waals surface area (Å²) in [5.74, 6) is 3.08. The van der Waals surface area contributed by atoms with Gasteiger partial charge in [-0.05, 0) is 48.2 Å². The minimum Gasteiger partial charge on any atom is -0.494 e. The predicted molar refractivity (Wildman–Crippen MR) is 95.0 cm³/mol. The van der Waals surface area contributed by atoms with Crippen LogP contribution in [0.1, 0.15) is 25.3 Å². The van der Waals surface area contributed by atoms with Crippen LogP contribution >= 0.6 is 23.2 Å². The summed E-state index contributed by atoms with van der Waals surface area (Å²) in [6.45, 7) is 3.45. The predicted octanol–water partition coefficient (Wildman–Crippen LogP) is 5.42. The highest BCUT2D eigenvalue weighted by Crippen LogP contribution is 2.31. The molecule has 0 atom stereocenters. The molecule has 0 aromatic heterocycles. The fourth-order valence-electron chi connectivity index (χ4n) is 2.42. The van der Waals surface area contributed by atoms with Crippen LogP contribution in [-0.2, 0) is 6.42 Å². The Morgan fingerprint density at radius 2 is 1.64 bits per heavy atom. The molecule has 0 saturated carbocycles. The molecule has 4 heteroatoms. The highest BCUT2D eigenvalue weighted by molar-refractivity contribution is 6.18. The van der Waals surface area contributed by atoms with Crippen LogP contribution in [0.25, 0.3) is 10.8 Å². The molecule has 0 N–H and O–H groups in total. The lowest BCUT2D eigenvalue weighted by Crippen LogP contribution is -2.01. The molecular formula is C18H22Cl2O2. The van der Waals surface area contributed by atoms with E-state index in [9.17, 15) is 0 Å². The van der Waals surface area contributed by atoms with Crippen molar-refractivity contribution in [2.75, 3.05) is 25.0 Å². The van der Waals surface area contributed by atoms with Gasteiger partial charge in [-0.3, -0.25) is 0 Å². The summed E-state index contributed by atoms with van der Waals surface area (Å²) in [6.07, 6.45) is 2.64. The zero-order valence-electron chi connectivity index (χ0n) is 12.9. The molecule has 0 bridgehead atoms. The number of hydrogen-bond acceptors (Lipinski definition) is 2. The van der Waals surface area contributed by atoms with Gasteiger partial charge in [-0.15, -0.1) is 23.2 Å². The van der Waals surface area contributed by atoms with Crippen LogP contribution in [0.4, 0.5) is 0 Å². The Balaban J connectivity index is 2.22. The molecule has 0 heterocycles. The van der Waals surface area contributed by atoms with Gasteiger partial charge in [0.1, 0.15) is 11.5 Å². The molecule has 2 aromatic rings. The molecule has 0 amide bonds. The zero-order valence-corrected chi connectivity index (χ0v) is 14.4. The van der Waals surface area contributed by atoms with E-state index in [0.717, 1.165) is 30.8 Å². The van der Waals surface area contributed by atoms with Crippen LogP contribution < -0.4 is 9.47 Å². The summed E-state index contributed by atoms with van der Waals surface area (Å²) in [5.41, 5.74) is 1.24. The van der Waals surface area contributed by atoms with Crippen molar-refractivity contribution in [2.45, 2.75) is 26.2 Å². The van der Waals surface area contributed by atoms with Gasteiger partial charge in [0.2, 0.25) is 0 Å². The zero-order chi connectivity index (χ0) is 15.8. The lowest BCUT2D eigenvalue weighted by molar-refractivity contribution is 0.315. The van der Waals surface area contributed by atoms with E-state index in [-0.39, 0.29) is 0 Å². The second-order valence-electron chi connectivity index (χ2n) is 5.06. The maximum Gasteiger partial charge on any atom is 0.123 e. The molecular weight excluding hydrogens is 319 g/mol. The average molecular weight is 341 g/mol. The first-order valence-corrected chi connectivity index (χ1v) is 8.80. The van der Waals surface area contributed by atoms with Gasteiger partial charge in [-0.25, -0.2) is 0 Å². The normalized spacial score (nSPS) is 10.9. The first-order valence-electron chi connectivity index (χ1n) is 7.73. The van der Waals surface area contributed by atoms with Crippen molar-refractivity contribution in [3.63, 3.8) is 0 Å². The van der Waals surface area contributed by atoms with Crippen LogP contribution in [0.15, 0.2) is 30.3 Å². The fourth-order valence-corrected chi connectivity index (χ4v) is 2.64. The summed E-state index contributed by atoms with van der Waals surface area (Å²) < 4.78 is 11.6. The van der Waals surface area contributed by atoms with Crippen molar-refractivity contribution in [2.24, 2.45) is 0 Å². The topological polar surface area (TPSA) is 18.5 Å². The molecule has 0 radical (unpaired) electrons. The van der Waals surface area contributed by atoms with E-state index in [1.54, 1.807) is 0 Å². The molecule has 0 unspecified atom stereocenters. The molecule has 0 aliphatic rings. The smallest absolute Gasteiger partial charge is 0.123 e. The van der Waals surface area contributed by atoms with Gasteiger partial charge in [0, 0.05) is 17.3 Å². The summed E-state index contributed by atoms with van der Waals surface area (Å²) in [4.78, 5) is 0. The quantitative estimate of drug-likeness (QED) is 0.448. The highest BCUT2D eigenvalue weighted by atomic mass is 35.5. The number of benzene rings is 2. The molecule has 0 spiro atoms. The summed E-state index contributed by atoms with van der Waals surface area (Å²) in [5, 5.41) is 2.39. The van der Waals surface area contributed by atoms with Gasteiger partial charge in [0.25, 0.3) is 0 Å². The molecule has 22 heavy (non-hydrogen) atoms. The minimum atomic E-state index is 0.622. The van der Waals surface area contributed by atoms with Crippen LogP contribution in [-0.4, -0.2) is 25.0 Å². The van der Waals surface area contributed by atoms with Crippen LogP contribution in [0.3, 0.4) is 0 Å². The molecule has 2 rings (SSSR count).